The molecular formula is C20H25NO4S. The van der Waals surface area contributed by atoms with Gasteiger partial charge >= 0.3 is 0 Å². The molecule has 6 heteroatoms. The molecule has 1 heterocycles. The van der Waals surface area contributed by atoms with Gasteiger partial charge in [-0.05, 0) is 17.5 Å². The molecule has 0 aliphatic carbocycles. The number of rotatable bonds is 7. The second-order valence-corrected chi connectivity index (χ2v) is 9.04. The first-order valence-corrected chi connectivity index (χ1v) is 10.7. The quantitative estimate of drug-likeness (QED) is 0.769. The Hall–Kier alpha value is -1.73. The lowest BCUT2D eigenvalue weighted by atomic mass is 9.95. The number of hydrogen-bond donors (Lipinski definition) is 2. The van der Waals surface area contributed by atoms with Gasteiger partial charge in [0.2, 0.25) is 0 Å². The average molecular weight is 375 g/mol. The van der Waals surface area contributed by atoms with Gasteiger partial charge in [-0.15, -0.1) is 0 Å². The summed E-state index contributed by atoms with van der Waals surface area (Å²) in [6.07, 6.45) is -0.385. The van der Waals surface area contributed by atoms with E-state index >= 15 is 0 Å². The molecule has 140 valence electrons. The largest absolute Gasteiger partial charge is 0.394 e. The molecule has 3 rings (SSSR count). The highest BCUT2D eigenvalue weighted by atomic mass is 32.2. The van der Waals surface area contributed by atoms with Gasteiger partial charge in [0.25, 0.3) is 0 Å². The van der Waals surface area contributed by atoms with E-state index in [-0.39, 0.29) is 36.7 Å². The van der Waals surface area contributed by atoms with Crippen LogP contribution in [0, 0.1) is 0 Å². The minimum Gasteiger partial charge on any atom is -0.394 e. The van der Waals surface area contributed by atoms with Crippen LogP contribution in [-0.2, 0) is 9.84 Å². The van der Waals surface area contributed by atoms with Crippen LogP contribution in [0.1, 0.15) is 23.6 Å². The molecule has 0 bridgehead atoms. The van der Waals surface area contributed by atoms with Crippen LogP contribution in [0.3, 0.4) is 0 Å². The van der Waals surface area contributed by atoms with Gasteiger partial charge in [-0.3, -0.25) is 4.90 Å². The summed E-state index contributed by atoms with van der Waals surface area (Å²) >= 11 is 0. The van der Waals surface area contributed by atoms with E-state index in [0.717, 1.165) is 11.1 Å². The molecule has 5 nitrogen and oxygen atoms in total. The molecule has 1 aliphatic heterocycles. The molecule has 2 N–H and O–H groups in total. The molecule has 2 atom stereocenters. The van der Waals surface area contributed by atoms with E-state index in [1.807, 2.05) is 65.6 Å². The molecule has 1 saturated heterocycles. The Bertz CT molecular complexity index is 756. The molecule has 0 spiro atoms. The van der Waals surface area contributed by atoms with E-state index in [9.17, 15) is 18.6 Å². The maximum Gasteiger partial charge on any atom is 0.151 e. The Morgan fingerprint density at radius 3 is 1.96 bits per heavy atom. The summed E-state index contributed by atoms with van der Waals surface area (Å²) in [5.74, 6) is 0.251. The van der Waals surface area contributed by atoms with Crippen molar-refractivity contribution in [2.75, 3.05) is 24.7 Å². The minimum absolute atomic E-state index is 0.0846. The van der Waals surface area contributed by atoms with Gasteiger partial charge in [0.05, 0.1) is 30.3 Å². The molecule has 0 radical (unpaired) electrons. The maximum absolute atomic E-state index is 12.1. The van der Waals surface area contributed by atoms with Crippen LogP contribution >= 0.6 is 0 Å². The number of hydrogen-bond acceptors (Lipinski definition) is 5. The average Bonchev–Trinajstić information content (AvgIpc) is 3.02. The third kappa shape index (κ3) is 4.51. The normalized spacial score (nSPS) is 20.5. The van der Waals surface area contributed by atoms with Gasteiger partial charge in [0, 0.05) is 12.6 Å². The number of aliphatic hydroxyl groups excluding tert-OH is 2. The standard InChI is InChI=1S/C20H25NO4S/c22-14-19(23)13-21(18-11-12-26(24,25)15-18)20(16-7-3-1-4-8-16)17-9-5-2-6-10-17/h1-10,18-20,22-23H,11-15H2/t18-,19-/m1/s1. The van der Waals surface area contributed by atoms with Crippen molar-refractivity contribution in [2.24, 2.45) is 0 Å². The lowest BCUT2D eigenvalue weighted by Crippen LogP contribution is -2.45. The molecule has 2 aromatic rings. The molecule has 1 fully saturated rings. The van der Waals surface area contributed by atoms with E-state index in [1.54, 1.807) is 0 Å². The van der Waals surface area contributed by atoms with Gasteiger partial charge in [0.15, 0.2) is 9.84 Å². The number of sulfone groups is 1. The third-order valence-electron chi connectivity index (χ3n) is 4.87. The molecule has 0 aromatic heterocycles. The van der Waals surface area contributed by atoms with Crippen LogP contribution in [0.4, 0.5) is 0 Å². The molecule has 1 aliphatic rings. The third-order valence-corrected chi connectivity index (χ3v) is 6.62. The van der Waals surface area contributed by atoms with E-state index < -0.39 is 15.9 Å². The van der Waals surface area contributed by atoms with Gasteiger partial charge in [-0.25, -0.2) is 8.42 Å². The fourth-order valence-corrected chi connectivity index (χ4v) is 5.39. The van der Waals surface area contributed by atoms with Gasteiger partial charge in [-0.2, -0.15) is 0 Å². The van der Waals surface area contributed by atoms with Crippen molar-refractivity contribution in [3.05, 3.63) is 71.8 Å². The highest BCUT2D eigenvalue weighted by Gasteiger charge is 2.37. The minimum atomic E-state index is -3.07. The molecule has 0 amide bonds. The SMILES string of the molecule is O=S1(=O)CC[C@@H](N(C[C@@H](O)CO)C(c2ccccc2)c2ccccc2)C1. The molecule has 0 saturated carbocycles. The Balaban J connectivity index is 2.03. The van der Waals surface area contributed by atoms with Crippen LogP contribution < -0.4 is 0 Å². The molecule has 2 aromatic carbocycles. The predicted molar refractivity (Wildman–Crippen MR) is 102 cm³/mol. The summed E-state index contributed by atoms with van der Waals surface area (Å²) in [4.78, 5) is 2.04. The molecular weight excluding hydrogens is 350 g/mol. The van der Waals surface area contributed by atoms with Crippen molar-refractivity contribution in [3.63, 3.8) is 0 Å². The fraction of sp³-hybridized carbons (Fsp3) is 0.400. The zero-order valence-electron chi connectivity index (χ0n) is 14.6. The van der Waals surface area contributed by atoms with Crippen molar-refractivity contribution in [1.82, 2.24) is 4.90 Å². The summed E-state index contributed by atoms with van der Waals surface area (Å²) in [5, 5.41) is 19.5. The van der Waals surface area contributed by atoms with E-state index in [1.165, 1.54) is 0 Å². The first-order chi connectivity index (χ1) is 12.5. The summed E-state index contributed by atoms with van der Waals surface area (Å²) in [5.41, 5.74) is 2.07. The van der Waals surface area contributed by atoms with Crippen molar-refractivity contribution in [1.29, 1.82) is 0 Å². The maximum atomic E-state index is 12.1. The van der Waals surface area contributed by atoms with Crippen molar-refractivity contribution >= 4 is 9.84 Å². The van der Waals surface area contributed by atoms with Crippen molar-refractivity contribution in [2.45, 2.75) is 24.6 Å². The van der Waals surface area contributed by atoms with Crippen LogP contribution in [0.15, 0.2) is 60.7 Å². The summed E-state index contributed by atoms with van der Waals surface area (Å²) in [7, 11) is -3.07. The second kappa shape index (κ2) is 8.31. The number of benzene rings is 2. The first-order valence-electron chi connectivity index (χ1n) is 8.85. The Morgan fingerprint density at radius 1 is 1.00 bits per heavy atom. The first kappa shape index (κ1) is 19.0. The van der Waals surface area contributed by atoms with E-state index in [2.05, 4.69) is 0 Å². The lowest BCUT2D eigenvalue weighted by Gasteiger charge is -2.37. The zero-order chi connectivity index (χ0) is 18.6. The number of nitrogens with zero attached hydrogens (tertiary/aromatic N) is 1. The summed E-state index contributed by atoms with van der Waals surface area (Å²) < 4.78 is 24.1. The Labute approximate surface area is 154 Å². The second-order valence-electron chi connectivity index (χ2n) is 6.81. The van der Waals surface area contributed by atoms with Crippen LogP contribution in [0.5, 0.6) is 0 Å². The summed E-state index contributed by atoms with van der Waals surface area (Å²) in [6, 6.07) is 19.4. The van der Waals surface area contributed by atoms with Gasteiger partial charge in [-0.1, -0.05) is 60.7 Å². The smallest absolute Gasteiger partial charge is 0.151 e. The number of aliphatic hydroxyl groups is 2. The zero-order valence-corrected chi connectivity index (χ0v) is 15.4. The van der Waals surface area contributed by atoms with Crippen LogP contribution in [-0.4, -0.2) is 60.3 Å². The Morgan fingerprint density at radius 2 is 1.54 bits per heavy atom. The van der Waals surface area contributed by atoms with Gasteiger partial charge < -0.3 is 10.2 Å². The fourth-order valence-electron chi connectivity index (χ4n) is 3.65. The topological polar surface area (TPSA) is 77.8 Å². The van der Waals surface area contributed by atoms with Crippen LogP contribution in [0.2, 0.25) is 0 Å². The summed E-state index contributed by atoms with van der Waals surface area (Å²) in [6.45, 7) is -0.141. The van der Waals surface area contributed by atoms with E-state index in [0.29, 0.717) is 6.42 Å². The Kier molecular flexibility index (Phi) is 6.09. The highest BCUT2D eigenvalue weighted by molar-refractivity contribution is 7.91. The predicted octanol–water partition coefficient (Wildman–Crippen LogP) is 1.62. The highest BCUT2D eigenvalue weighted by Crippen LogP contribution is 2.33. The molecule has 26 heavy (non-hydrogen) atoms. The van der Waals surface area contributed by atoms with Gasteiger partial charge in [0.1, 0.15) is 0 Å². The monoisotopic (exact) mass is 375 g/mol. The lowest BCUT2D eigenvalue weighted by molar-refractivity contribution is 0.0358. The van der Waals surface area contributed by atoms with Crippen molar-refractivity contribution < 1.29 is 18.6 Å². The molecule has 0 unspecified atom stereocenters. The van der Waals surface area contributed by atoms with Crippen molar-refractivity contribution in [3.8, 4) is 0 Å². The van der Waals surface area contributed by atoms with Crippen LogP contribution in [0.25, 0.3) is 0 Å². The van der Waals surface area contributed by atoms with E-state index in [4.69, 9.17) is 0 Å².